The van der Waals surface area contributed by atoms with E-state index in [4.69, 9.17) is 0 Å². The van der Waals surface area contributed by atoms with Crippen LogP contribution in [0, 0.1) is 6.92 Å². The SMILES string of the molecule is CC[S@@](=O)[C@H]1CCCC[C@@H]1NCc1csc(C)n1. The first kappa shape index (κ1) is 14.2. The molecular formula is C13H22N2OS2. The molecular weight excluding hydrogens is 264 g/mol. The molecule has 0 spiro atoms. The molecule has 1 aromatic heterocycles. The first-order chi connectivity index (χ1) is 8.70. The molecule has 1 aliphatic rings. The van der Waals surface area contributed by atoms with Crippen molar-refractivity contribution in [1.29, 1.82) is 0 Å². The Balaban J connectivity index is 1.91. The number of rotatable bonds is 5. The fourth-order valence-electron chi connectivity index (χ4n) is 2.58. The van der Waals surface area contributed by atoms with E-state index in [9.17, 15) is 4.21 Å². The van der Waals surface area contributed by atoms with Gasteiger partial charge in [-0.15, -0.1) is 11.3 Å². The molecule has 0 amide bonds. The molecule has 2 rings (SSSR count). The highest BCUT2D eigenvalue weighted by atomic mass is 32.2. The molecule has 1 aromatic rings. The zero-order chi connectivity index (χ0) is 13.0. The molecule has 1 N–H and O–H groups in total. The van der Waals surface area contributed by atoms with Crippen LogP contribution in [-0.4, -0.2) is 26.2 Å². The molecule has 1 heterocycles. The van der Waals surface area contributed by atoms with E-state index in [2.05, 4.69) is 15.7 Å². The number of hydrogen-bond donors (Lipinski definition) is 1. The lowest BCUT2D eigenvalue weighted by Gasteiger charge is -2.31. The maximum absolute atomic E-state index is 12.1. The minimum absolute atomic E-state index is 0.337. The van der Waals surface area contributed by atoms with Crippen LogP contribution in [0.15, 0.2) is 5.38 Å². The molecule has 18 heavy (non-hydrogen) atoms. The van der Waals surface area contributed by atoms with E-state index in [0.29, 0.717) is 11.3 Å². The van der Waals surface area contributed by atoms with E-state index in [0.717, 1.165) is 35.8 Å². The normalized spacial score (nSPS) is 26.1. The van der Waals surface area contributed by atoms with Crippen molar-refractivity contribution in [3.05, 3.63) is 16.1 Å². The predicted molar refractivity (Wildman–Crippen MR) is 78.4 cm³/mol. The average Bonchev–Trinajstić information content (AvgIpc) is 2.81. The predicted octanol–water partition coefficient (Wildman–Crippen LogP) is 2.62. The van der Waals surface area contributed by atoms with E-state index >= 15 is 0 Å². The quantitative estimate of drug-likeness (QED) is 0.905. The number of nitrogens with one attached hydrogen (secondary N) is 1. The van der Waals surface area contributed by atoms with E-state index in [1.165, 1.54) is 12.8 Å². The summed E-state index contributed by atoms with van der Waals surface area (Å²) in [4.78, 5) is 4.47. The van der Waals surface area contributed by atoms with Crippen LogP contribution >= 0.6 is 11.3 Å². The van der Waals surface area contributed by atoms with Crippen LogP contribution in [0.25, 0.3) is 0 Å². The van der Waals surface area contributed by atoms with Crippen LogP contribution in [0.1, 0.15) is 43.3 Å². The van der Waals surface area contributed by atoms with Gasteiger partial charge in [0.15, 0.2) is 0 Å². The summed E-state index contributed by atoms with van der Waals surface area (Å²) in [5.41, 5.74) is 1.11. The Bertz CT molecular complexity index is 405. The third-order valence-electron chi connectivity index (χ3n) is 3.54. The standard InChI is InChI=1S/C13H22N2OS2/c1-3-18(16)13-7-5-4-6-12(13)14-8-11-9-17-10(2)15-11/h9,12-14H,3-8H2,1-2H3/t12-,13-,18+/m0/s1. The van der Waals surface area contributed by atoms with Crippen molar-refractivity contribution in [3.63, 3.8) is 0 Å². The van der Waals surface area contributed by atoms with Crippen molar-refractivity contribution in [2.75, 3.05) is 5.75 Å². The number of nitrogens with zero attached hydrogens (tertiary/aromatic N) is 1. The minimum Gasteiger partial charge on any atom is -0.307 e. The number of hydrogen-bond acceptors (Lipinski definition) is 4. The van der Waals surface area contributed by atoms with Crippen LogP contribution in [0.5, 0.6) is 0 Å². The number of thiazole rings is 1. The molecule has 0 saturated heterocycles. The largest absolute Gasteiger partial charge is 0.307 e. The molecule has 5 heteroatoms. The van der Waals surface area contributed by atoms with Crippen molar-refractivity contribution in [2.45, 2.75) is 57.4 Å². The Morgan fingerprint density at radius 2 is 2.28 bits per heavy atom. The number of aryl methyl sites for hydroxylation is 1. The third kappa shape index (κ3) is 3.62. The molecule has 0 radical (unpaired) electrons. The lowest BCUT2D eigenvalue weighted by molar-refractivity contribution is 0.376. The fourth-order valence-corrected chi connectivity index (χ4v) is 4.65. The second-order valence-corrected chi connectivity index (χ2v) is 7.84. The highest BCUT2D eigenvalue weighted by molar-refractivity contribution is 7.85. The molecule has 0 bridgehead atoms. The first-order valence-electron chi connectivity index (χ1n) is 6.72. The van der Waals surface area contributed by atoms with Crippen molar-refractivity contribution in [1.82, 2.24) is 10.3 Å². The lowest BCUT2D eigenvalue weighted by atomic mass is 9.95. The molecule has 102 valence electrons. The second-order valence-electron chi connectivity index (χ2n) is 4.84. The van der Waals surface area contributed by atoms with Crippen LogP contribution < -0.4 is 5.32 Å². The molecule has 1 fully saturated rings. The van der Waals surface area contributed by atoms with Crippen molar-refractivity contribution >= 4 is 22.1 Å². The summed E-state index contributed by atoms with van der Waals surface area (Å²) in [5, 5.41) is 7.13. The van der Waals surface area contributed by atoms with Crippen LogP contribution in [0.4, 0.5) is 0 Å². The van der Waals surface area contributed by atoms with Crippen LogP contribution in [0.3, 0.4) is 0 Å². The van der Waals surface area contributed by atoms with Gasteiger partial charge < -0.3 is 5.32 Å². The summed E-state index contributed by atoms with van der Waals surface area (Å²) in [6.07, 6.45) is 4.74. The Labute approximate surface area is 116 Å². The van der Waals surface area contributed by atoms with E-state index in [-0.39, 0.29) is 0 Å². The summed E-state index contributed by atoms with van der Waals surface area (Å²) >= 11 is 1.69. The molecule has 1 aliphatic carbocycles. The van der Waals surface area contributed by atoms with Crippen molar-refractivity contribution in [2.24, 2.45) is 0 Å². The second kappa shape index (κ2) is 6.78. The van der Waals surface area contributed by atoms with Crippen LogP contribution in [0.2, 0.25) is 0 Å². The van der Waals surface area contributed by atoms with Gasteiger partial charge in [-0.25, -0.2) is 4.98 Å². The van der Waals surface area contributed by atoms with Gasteiger partial charge in [0.05, 0.1) is 16.0 Å². The Morgan fingerprint density at radius 1 is 1.50 bits per heavy atom. The monoisotopic (exact) mass is 286 g/mol. The average molecular weight is 286 g/mol. The van der Waals surface area contributed by atoms with Gasteiger partial charge in [0.1, 0.15) is 0 Å². The van der Waals surface area contributed by atoms with E-state index < -0.39 is 10.8 Å². The highest BCUT2D eigenvalue weighted by Crippen LogP contribution is 2.23. The maximum atomic E-state index is 12.1. The zero-order valence-corrected chi connectivity index (χ0v) is 12.8. The Hall–Kier alpha value is -0.260. The molecule has 0 aliphatic heterocycles. The maximum Gasteiger partial charge on any atom is 0.0897 e. The first-order valence-corrected chi connectivity index (χ1v) is 8.98. The van der Waals surface area contributed by atoms with Gasteiger partial charge in [-0.3, -0.25) is 4.21 Å². The van der Waals surface area contributed by atoms with Gasteiger partial charge >= 0.3 is 0 Å². The van der Waals surface area contributed by atoms with Gasteiger partial charge in [-0.2, -0.15) is 0 Å². The van der Waals surface area contributed by atoms with Crippen molar-refractivity contribution < 1.29 is 4.21 Å². The minimum atomic E-state index is -0.676. The number of aromatic nitrogens is 1. The van der Waals surface area contributed by atoms with Gasteiger partial charge in [0.25, 0.3) is 0 Å². The molecule has 3 atom stereocenters. The molecule has 3 nitrogen and oxygen atoms in total. The molecule has 1 saturated carbocycles. The van der Waals surface area contributed by atoms with Gasteiger partial charge in [0.2, 0.25) is 0 Å². The fraction of sp³-hybridized carbons (Fsp3) is 0.769. The van der Waals surface area contributed by atoms with Crippen LogP contribution in [-0.2, 0) is 17.3 Å². The third-order valence-corrected chi connectivity index (χ3v) is 6.17. The molecule has 0 aromatic carbocycles. The van der Waals surface area contributed by atoms with E-state index in [1.807, 2.05) is 13.8 Å². The Morgan fingerprint density at radius 3 is 2.94 bits per heavy atom. The topological polar surface area (TPSA) is 42.0 Å². The van der Waals surface area contributed by atoms with E-state index in [1.54, 1.807) is 11.3 Å². The van der Waals surface area contributed by atoms with Crippen molar-refractivity contribution in [3.8, 4) is 0 Å². The zero-order valence-electron chi connectivity index (χ0n) is 11.1. The lowest BCUT2D eigenvalue weighted by Crippen LogP contribution is -2.44. The Kier molecular flexibility index (Phi) is 5.33. The highest BCUT2D eigenvalue weighted by Gasteiger charge is 2.28. The van der Waals surface area contributed by atoms with Gasteiger partial charge in [-0.05, 0) is 19.8 Å². The van der Waals surface area contributed by atoms with Gasteiger partial charge in [-0.1, -0.05) is 19.8 Å². The summed E-state index contributed by atoms with van der Waals surface area (Å²) in [5.74, 6) is 0.776. The smallest absolute Gasteiger partial charge is 0.0897 e. The summed E-state index contributed by atoms with van der Waals surface area (Å²) < 4.78 is 12.1. The molecule has 0 unspecified atom stereocenters. The summed E-state index contributed by atoms with van der Waals surface area (Å²) in [6.45, 7) is 4.86. The van der Waals surface area contributed by atoms with Gasteiger partial charge in [0, 0.05) is 34.5 Å². The summed E-state index contributed by atoms with van der Waals surface area (Å²) in [7, 11) is -0.676. The summed E-state index contributed by atoms with van der Waals surface area (Å²) in [6, 6.07) is 0.404.